The van der Waals surface area contributed by atoms with Crippen LogP contribution in [0, 0.1) is 18.7 Å². The van der Waals surface area contributed by atoms with Gasteiger partial charge in [-0.2, -0.15) is 0 Å². The van der Waals surface area contributed by atoms with Crippen LogP contribution in [0.25, 0.3) is 0 Å². The van der Waals surface area contributed by atoms with Gasteiger partial charge in [0.05, 0.1) is 0 Å². The summed E-state index contributed by atoms with van der Waals surface area (Å²) in [6, 6.07) is 7.27. The van der Waals surface area contributed by atoms with Gasteiger partial charge in [0.25, 0.3) is 0 Å². The Labute approximate surface area is 166 Å². The van der Waals surface area contributed by atoms with E-state index >= 15 is 0 Å². The van der Waals surface area contributed by atoms with Crippen LogP contribution < -0.4 is 4.90 Å². The summed E-state index contributed by atoms with van der Waals surface area (Å²) < 4.78 is 15.8. The fourth-order valence-corrected chi connectivity index (χ4v) is 5.16. The quantitative estimate of drug-likeness (QED) is 0.808. The lowest BCUT2D eigenvalue weighted by Crippen LogP contribution is -2.50. The Bertz CT molecular complexity index is 862. The number of imidazole rings is 1. The highest BCUT2D eigenvalue weighted by atomic mass is 19.1. The first-order valence-corrected chi connectivity index (χ1v) is 10.2. The Morgan fingerprint density at radius 2 is 2.18 bits per heavy atom. The zero-order chi connectivity index (χ0) is 19.9. The summed E-state index contributed by atoms with van der Waals surface area (Å²) in [5.41, 5.74) is 0.906. The topological polar surface area (TPSA) is 41.4 Å². The van der Waals surface area contributed by atoms with Crippen LogP contribution in [0.1, 0.15) is 38.9 Å². The molecule has 1 amide bonds. The molecule has 0 aliphatic carbocycles. The van der Waals surface area contributed by atoms with E-state index in [1.165, 1.54) is 6.07 Å². The van der Waals surface area contributed by atoms with Crippen LogP contribution >= 0.6 is 0 Å². The van der Waals surface area contributed by atoms with Crippen LogP contribution in [0.4, 0.5) is 10.1 Å². The molecule has 6 heteroatoms. The van der Waals surface area contributed by atoms with Crippen molar-refractivity contribution in [3.05, 3.63) is 48.3 Å². The van der Waals surface area contributed by atoms with Gasteiger partial charge in [0.15, 0.2) is 0 Å². The third kappa shape index (κ3) is 3.52. The lowest BCUT2D eigenvalue weighted by Gasteiger charge is -2.42. The molecule has 0 saturated carbocycles. The molecule has 2 atom stereocenters. The molecular formula is C22H29FN4O. The molecule has 4 rings (SSSR count). The van der Waals surface area contributed by atoms with Crippen molar-refractivity contribution in [2.24, 2.45) is 5.92 Å². The minimum Gasteiger partial charge on any atom is -0.363 e. The van der Waals surface area contributed by atoms with Crippen LogP contribution in [0.5, 0.6) is 0 Å². The standard InChI is InChI=1S/C22H29FN4O/c1-16-24-9-12-25(16)11-8-21(28)26-10-7-20-17(15-26)14-22(2,3)27(20)19-6-4-5-18(23)13-19/h4-6,9,12-13,17,20H,7-8,10-11,14-15H2,1-3H3/t17-,20+/m1/s1. The zero-order valence-corrected chi connectivity index (χ0v) is 16.9. The molecule has 0 N–H and O–H groups in total. The second-order valence-electron chi connectivity index (χ2n) is 8.74. The van der Waals surface area contributed by atoms with Crippen LogP contribution in [0.3, 0.4) is 0 Å². The van der Waals surface area contributed by atoms with E-state index in [2.05, 4.69) is 23.7 Å². The van der Waals surface area contributed by atoms with Crippen LogP contribution in [-0.4, -0.2) is 45.0 Å². The summed E-state index contributed by atoms with van der Waals surface area (Å²) in [6.45, 7) is 8.65. The molecule has 5 nitrogen and oxygen atoms in total. The predicted octanol–water partition coefficient (Wildman–Crippen LogP) is 3.63. The molecule has 1 aromatic carbocycles. The fourth-order valence-electron chi connectivity index (χ4n) is 5.16. The number of likely N-dealkylation sites (tertiary alicyclic amines) is 1. The second-order valence-corrected chi connectivity index (χ2v) is 8.74. The highest BCUT2D eigenvalue weighted by molar-refractivity contribution is 5.76. The predicted molar refractivity (Wildman–Crippen MR) is 108 cm³/mol. The molecule has 2 aliphatic rings. The molecule has 0 unspecified atom stereocenters. The van der Waals surface area contributed by atoms with Gasteiger partial charge in [-0.1, -0.05) is 6.07 Å². The van der Waals surface area contributed by atoms with E-state index in [1.807, 2.05) is 28.7 Å². The number of rotatable bonds is 4. The summed E-state index contributed by atoms with van der Waals surface area (Å²) >= 11 is 0. The molecule has 28 heavy (non-hydrogen) atoms. The Morgan fingerprint density at radius 1 is 1.36 bits per heavy atom. The number of aromatic nitrogens is 2. The van der Waals surface area contributed by atoms with Crippen molar-refractivity contribution in [2.45, 2.75) is 58.2 Å². The number of piperidine rings is 1. The van der Waals surface area contributed by atoms with Gasteiger partial charge in [0, 0.05) is 55.7 Å². The number of nitrogens with zero attached hydrogens (tertiary/aromatic N) is 4. The number of hydrogen-bond donors (Lipinski definition) is 0. The van der Waals surface area contributed by atoms with Gasteiger partial charge in [-0.3, -0.25) is 4.79 Å². The summed E-state index contributed by atoms with van der Waals surface area (Å²) in [6.07, 6.45) is 6.14. The van der Waals surface area contributed by atoms with Gasteiger partial charge in [-0.15, -0.1) is 0 Å². The maximum absolute atomic E-state index is 13.8. The van der Waals surface area contributed by atoms with Crippen molar-refractivity contribution in [3.8, 4) is 0 Å². The largest absolute Gasteiger partial charge is 0.363 e. The van der Waals surface area contributed by atoms with E-state index in [4.69, 9.17) is 0 Å². The summed E-state index contributed by atoms with van der Waals surface area (Å²) in [5.74, 6) is 1.38. The maximum Gasteiger partial charge on any atom is 0.224 e. The normalized spacial score (nSPS) is 23.7. The van der Waals surface area contributed by atoms with Crippen molar-refractivity contribution < 1.29 is 9.18 Å². The van der Waals surface area contributed by atoms with Gasteiger partial charge in [0.2, 0.25) is 5.91 Å². The third-order valence-electron chi connectivity index (χ3n) is 6.37. The molecule has 0 bridgehead atoms. The molecule has 0 radical (unpaired) electrons. The molecule has 2 saturated heterocycles. The lowest BCUT2D eigenvalue weighted by molar-refractivity contribution is -0.133. The Morgan fingerprint density at radius 3 is 2.89 bits per heavy atom. The average Bonchev–Trinajstić information content (AvgIpc) is 3.17. The van der Waals surface area contributed by atoms with Gasteiger partial charge in [0.1, 0.15) is 11.6 Å². The van der Waals surface area contributed by atoms with E-state index in [0.717, 1.165) is 37.4 Å². The third-order valence-corrected chi connectivity index (χ3v) is 6.37. The molecule has 150 valence electrons. The number of carbonyl (C=O) groups excluding carboxylic acids is 1. The van der Waals surface area contributed by atoms with Gasteiger partial charge >= 0.3 is 0 Å². The molecule has 1 aromatic heterocycles. The van der Waals surface area contributed by atoms with E-state index < -0.39 is 0 Å². The summed E-state index contributed by atoms with van der Waals surface area (Å²) in [4.78, 5) is 21.4. The van der Waals surface area contributed by atoms with Crippen LogP contribution in [-0.2, 0) is 11.3 Å². The number of halogens is 1. The van der Waals surface area contributed by atoms with E-state index in [9.17, 15) is 9.18 Å². The van der Waals surface area contributed by atoms with Gasteiger partial charge < -0.3 is 14.4 Å². The highest BCUT2D eigenvalue weighted by Gasteiger charge is 2.48. The average molecular weight is 384 g/mol. The van der Waals surface area contributed by atoms with Crippen molar-refractivity contribution in [3.63, 3.8) is 0 Å². The molecule has 2 fully saturated rings. The maximum atomic E-state index is 13.8. The van der Waals surface area contributed by atoms with E-state index in [-0.39, 0.29) is 17.3 Å². The second kappa shape index (κ2) is 7.22. The van der Waals surface area contributed by atoms with Gasteiger partial charge in [-0.25, -0.2) is 9.37 Å². The molecular weight excluding hydrogens is 355 g/mol. The number of aryl methyl sites for hydroxylation is 2. The first-order chi connectivity index (χ1) is 13.3. The number of fused-ring (bicyclic) bond motifs is 1. The summed E-state index contributed by atoms with van der Waals surface area (Å²) in [7, 11) is 0. The van der Waals surface area contributed by atoms with Crippen molar-refractivity contribution >= 4 is 11.6 Å². The fraction of sp³-hybridized carbons (Fsp3) is 0.545. The highest BCUT2D eigenvalue weighted by Crippen LogP contribution is 2.44. The number of anilines is 1. The Kier molecular flexibility index (Phi) is 4.89. The Balaban J connectivity index is 1.43. The molecule has 0 spiro atoms. The molecule has 3 heterocycles. The van der Waals surface area contributed by atoms with Crippen LogP contribution in [0.2, 0.25) is 0 Å². The van der Waals surface area contributed by atoms with Crippen molar-refractivity contribution in [1.82, 2.24) is 14.5 Å². The number of amides is 1. The first kappa shape index (κ1) is 19.0. The summed E-state index contributed by atoms with van der Waals surface area (Å²) in [5, 5.41) is 0. The smallest absolute Gasteiger partial charge is 0.224 e. The lowest BCUT2D eigenvalue weighted by atomic mass is 9.89. The van der Waals surface area contributed by atoms with Crippen molar-refractivity contribution in [2.75, 3.05) is 18.0 Å². The number of benzene rings is 1. The van der Waals surface area contributed by atoms with Crippen LogP contribution in [0.15, 0.2) is 36.7 Å². The first-order valence-electron chi connectivity index (χ1n) is 10.2. The minimum absolute atomic E-state index is 0.0455. The molecule has 2 aliphatic heterocycles. The monoisotopic (exact) mass is 384 g/mol. The van der Waals surface area contributed by atoms with Crippen molar-refractivity contribution in [1.29, 1.82) is 0 Å². The van der Waals surface area contributed by atoms with E-state index in [1.54, 1.807) is 18.3 Å². The number of carbonyl (C=O) groups is 1. The Hall–Kier alpha value is -2.37. The molecule has 2 aromatic rings. The SMILES string of the molecule is Cc1nccn1CCC(=O)N1CC[C@H]2[C@@H](C1)CC(C)(C)N2c1cccc(F)c1. The minimum atomic E-state index is -0.195. The van der Waals surface area contributed by atoms with Gasteiger partial charge in [-0.05, 0) is 57.7 Å². The zero-order valence-electron chi connectivity index (χ0n) is 16.9. The van der Waals surface area contributed by atoms with E-state index in [0.29, 0.717) is 24.9 Å². The number of hydrogen-bond acceptors (Lipinski definition) is 3.